The van der Waals surface area contributed by atoms with Gasteiger partial charge in [0.15, 0.2) is 11.6 Å². The maximum absolute atomic E-state index is 12.9. The maximum atomic E-state index is 12.9. The van der Waals surface area contributed by atoms with E-state index in [4.69, 9.17) is 22.6 Å². The summed E-state index contributed by atoms with van der Waals surface area (Å²) in [6.45, 7) is -3.91. The highest BCUT2D eigenvalue weighted by Crippen LogP contribution is 2.72. The molecule has 8 atom stereocenters. The number of rotatable bonds is 1. The number of carbonyl (C=O) groups excluding carboxylic acids is 2. The zero-order valence-electron chi connectivity index (χ0n) is 22.6. The molecule has 3 fully saturated rings. The van der Waals surface area contributed by atoms with Crippen molar-refractivity contribution >= 4 is 23.2 Å². The zero-order valence-corrected chi connectivity index (χ0v) is 15.3. The van der Waals surface area contributed by atoms with Crippen LogP contribution in [-0.4, -0.2) is 22.3 Å². The van der Waals surface area contributed by atoms with Crippen LogP contribution in [0, 0.1) is 40.4 Å². The van der Waals surface area contributed by atoms with E-state index in [2.05, 4.69) is 0 Å². The van der Waals surface area contributed by atoms with Crippen LogP contribution in [-0.2, 0) is 9.59 Å². The van der Waals surface area contributed by atoms with Gasteiger partial charge < -0.3 is 5.11 Å². The standard InChI is InChI=1S/C22H27ClO3/c1-11(24)22(26)7-5-14-12-9-18(23)17-10-19(25)13-8-16(13)21(17,3)15(12)4-6-20(14,22)2/h9-10,12-16,26H,4-8H2,1-3H3/t12-,13+,14-,15-,16-,20-,21-,22-/m1/s1/i1+1D3,3D3,10D,11+1,13D. The minimum atomic E-state index is -2.97. The Morgan fingerprint density at radius 3 is 2.88 bits per heavy atom. The Balaban J connectivity index is 1.69. The molecule has 3 nitrogen and oxygen atoms in total. The average molecular weight is 385 g/mol. The van der Waals surface area contributed by atoms with Crippen molar-refractivity contribution in [3.05, 3.63) is 22.7 Å². The Labute approximate surface area is 171 Å². The Hall–Kier alpha value is -0.930. The van der Waals surface area contributed by atoms with Crippen molar-refractivity contribution in [2.24, 2.45) is 40.4 Å². The van der Waals surface area contributed by atoms with Gasteiger partial charge in [-0.3, -0.25) is 9.59 Å². The number of aliphatic hydroxyl groups is 1. The van der Waals surface area contributed by atoms with Crippen LogP contribution in [0.25, 0.3) is 0 Å². The van der Waals surface area contributed by atoms with E-state index >= 15 is 0 Å². The molecule has 0 amide bonds. The third kappa shape index (κ3) is 1.75. The van der Waals surface area contributed by atoms with Gasteiger partial charge in [-0.2, -0.15) is 0 Å². The lowest BCUT2D eigenvalue weighted by Crippen LogP contribution is -2.56. The monoisotopic (exact) mass is 384 g/mol. The van der Waals surface area contributed by atoms with E-state index in [9.17, 15) is 14.7 Å². The molecule has 0 aliphatic heterocycles. The van der Waals surface area contributed by atoms with E-state index in [-0.39, 0.29) is 36.3 Å². The van der Waals surface area contributed by atoms with Gasteiger partial charge in [-0.15, -0.1) is 0 Å². The number of Topliss-reactive ketones (excluding diaryl/α,β-unsaturated/α-hetero) is 1. The average Bonchev–Trinajstić information content (AvgIpc) is 3.33. The molecule has 0 radical (unpaired) electrons. The van der Waals surface area contributed by atoms with Gasteiger partial charge in [0.1, 0.15) is 5.60 Å². The fraction of sp³-hybridized carbons (Fsp3) is 0.727. The molecule has 0 bridgehead atoms. The molecule has 140 valence electrons. The summed E-state index contributed by atoms with van der Waals surface area (Å²) in [6.07, 6.45) is 2.43. The number of ketones is 2. The van der Waals surface area contributed by atoms with Crippen LogP contribution in [0.3, 0.4) is 0 Å². The first-order chi connectivity index (χ1) is 15.4. The number of fused-ring (bicyclic) bond motifs is 7. The molecule has 0 spiro atoms. The second-order valence-corrected chi connectivity index (χ2v) is 9.38. The second kappa shape index (κ2) is 4.91. The van der Waals surface area contributed by atoms with Gasteiger partial charge >= 0.3 is 0 Å². The van der Waals surface area contributed by atoms with Gasteiger partial charge in [0.2, 0.25) is 0 Å². The Kier molecular flexibility index (Phi) is 2.00. The highest BCUT2D eigenvalue weighted by Gasteiger charge is 2.69. The summed E-state index contributed by atoms with van der Waals surface area (Å²) in [6, 6.07) is -0.506. The summed E-state index contributed by atoms with van der Waals surface area (Å²) in [5.41, 5.74) is -4.81. The van der Waals surface area contributed by atoms with Crippen LogP contribution >= 0.6 is 11.6 Å². The SMILES string of the molecule is [2H]C1=C2C(Cl)=C[C@H]3[C@@H](CC[C@]4(C)[C@@H]3CC[C@@]4(O)[13C](=O)[13C]([2H])([2H])[2H])[C@]2(C([2H])([2H])[2H])[C@@H]2C[C@]2([2H])C1=O. The smallest absolute Gasteiger partial charge is 0.161 e. The molecule has 0 heterocycles. The fourth-order valence-electron chi connectivity index (χ4n) is 6.62. The van der Waals surface area contributed by atoms with Crippen LogP contribution in [0.2, 0.25) is 0 Å². The first-order valence-corrected chi connectivity index (χ1v) is 9.68. The van der Waals surface area contributed by atoms with Crippen molar-refractivity contribution in [1.82, 2.24) is 0 Å². The highest BCUT2D eigenvalue weighted by molar-refractivity contribution is 6.32. The normalized spacial score (nSPS) is 63.0. The van der Waals surface area contributed by atoms with Crippen molar-refractivity contribution in [3.8, 4) is 0 Å². The molecule has 0 aromatic rings. The highest BCUT2D eigenvalue weighted by atomic mass is 35.5. The Bertz CT molecular complexity index is 1080. The second-order valence-electron chi connectivity index (χ2n) is 8.97. The molecule has 0 aromatic carbocycles. The summed E-state index contributed by atoms with van der Waals surface area (Å²) in [4.78, 5) is 25.6. The number of hydrogen-bond donors (Lipinski definition) is 1. The van der Waals surface area contributed by atoms with Crippen molar-refractivity contribution < 1.29 is 25.7 Å². The molecule has 0 saturated heterocycles. The molecule has 5 aliphatic rings. The summed E-state index contributed by atoms with van der Waals surface area (Å²) in [5, 5.41) is 11.5. The molecular formula is C22H27ClO3. The van der Waals surface area contributed by atoms with Crippen molar-refractivity contribution in [2.75, 3.05) is 0 Å². The third-order valence-corrected chi connectivity index (χ3v) is 8.52. The summed E-state index contributed by atoms with van der Waals surface area (Å²) < 4.78 is 65.7. The first-order valence-electron chi connectivity index (χ1n) is 13.3. The van der Waals surface area contributed by atoms with Crippen LogP contribution < -0.4 is 0 Å². The zero-order chi connectivity index (χ0) is 25.4. The van der Waals surface area contributed by atoms with E-state index in [0.29, 0.717) is 6.42 Å². The van der Waals surface area contributed by atoms with Crippen molar-refractivity contribution in [1.29, 1.82) is 0 Å². The largest absolute Gasteiger partial charge is 0.382 e. The number of halogens is 1. The van der Waals surface area contributed by atoms with Gasteiger partial charge in [0, 0.05) is 31.4 Å². The van der Waals surface area contributed by atoms with Crippen LogP contribution in [0.4, 0.5) is 0 Å². The summed E-state index contributed by atoms with van der Waals surface area (Å²) in [5.74, 6) is -5.83. The summed E-state index contributed by atoms with van der Waals surface area (Å²) >= 11 is 6.64. The van der Waals surface area contributed by atoms with Crippen LogP contribution in [0.5, 0.6) is 0 Å². The molecule has 26 heavy (non-hydrogen) atoms. The predicted octanol–water partition coefficient (Wildman–Crippen LogP) is 4.04. The van der Waals surface area contributed by atoms with Gasteiger partial charge in [0.05, 0.1) is 1.37 Å². The molecule has 0 aromatic heterocycles. The van der Waals surface area contributed by atoms with Gasteiger partial charge in [0.25, 0.3) is 0 Å². The first kappa shape index (κ1) is 10.6. The lowest BCUT2D eigenvalue weighted by atomic mass is 9.48. The van der Waals surface area contributed by atoms with Gasteiger partial charge in [-0.1, -0.05) is 31.5 Å². The van der Waals surface area contributed by atoms with Crippen LogP contribution in [0.15, 0.2) is 22.7 Å². The van der Waals surface area contributed by atoms with E-state index in [0.717, 1.165) is 0 Å². The Morgan fingerprint density at radius 2 is 2.15 bits per heavy atom. The molecule has 3 saturated carbocycles. The maximum Gasteiger partial charge on any atom is 0.161 e. The quantitative estimate of drug-likeness (QED) is 0.694. The minimum absolute atomic E-state index is 0.00113. The number of allylic oxidation sites excluding steroid dienone is 4. The molecule has 4 heteroatoms. The van der Waals surface area contributed by atoms with Crippen LogP contribution in [0.1, 0.15) is 63.7 Å². The third-order valence-electron chi connectivity index (χ3n) is 8.20. The topological polar surface area (TPSA) is 54.4 Å². The lowest BCUT2D eigenvalue weighted by Gasteiger charge is -2.57. The number of hydrogen-bond acceptors (Lipinski definition) is 3. The van der Waals surface area contributed by atoms with E-state index in [1.807, 2.05) is 0 Å². The Morgan fingerprint density at radius 1 is 1.38 bits per heavy atom. The van der Waals surface area contributed by atoms with Crippen molar-refractivity contribution in [3.63, 3.8) is 0 Å². The molecule has 0 unspecified atom stereocenters. The lowest BCUT2D eigenvalue weighted by molar-refractivity contribution is -0.157. The molecule has 5 aliphatic carbocycles. The molecular weight excluding hydrogens is 350 g/mol. The number of carbonyl (C=O) groups is 2. The summed E-state index contributed by atoms with van der Waals surface area (Å²) in [7, 11) is 0. The molecule has 5 rings (SSSR count). The van der Waals surface area contributed by atoms with Gasteiger partial charge in [-0.25, -0.2) is 0 Å². The van der Waals surface area contributed by atoms with Gasteiger partial charge in [-0.05, 0) is 74.3 Å². The van der Waals surface area contributed by atoms with E-state index < -0.39 is 77.3 Å². The van der Waals surface area contributed by atoms with E-state index in [1.54, 1.807) is 13.0 Å². The predicted molar refractivity (Wildman–Crippen MR) is 99.4 cm³/mol. The molecule has 1 N–H and O–H groups in total. The minimum Gasteiger partial charge on any atom is -0.382 e. The van der Waals surface area contributed by atoms with Crippen molar-refractivity contribution in [2.45, 2.75) is 58.3 Å². The fourth-order valence-corrected chi connectivity index (χ4v) is 6.97. The van der Waals surface area contributed by atoms with E-state index in [1.165, 1.54) is 0 Å².